The number of benzene rings is 2. The number of hydrogen-bond acceptors (Lipinski definition) is 1. The first-order valence-corrected chi connectivity index (χ1v) is 7.17. The lowest BCUT2D eigenvalue weighted by molar-refractivity contribution is 0.580. The van der Waals surface area contributed by atoms with Gasteiger partial charge in [-0.15, -0.1) is 0 Å². The third-order valence-electron chi connectivity index (χ3n) is 2.81. The molecule has 1 unspecified atom stereocenters. The molecule has 0 heterocycles. The fraction of sp³-hybridized carbons (Fsp3) is 0.143. The van der Waals surface area contributed by atoms with Gasteiger partial charge in [0, 0.05) is 21.1 Å². The standard InChI is InChI=1S/C14H11BrCl2FN/c15-11-5-4-10(14(18)13(11)17)12(19)7-8-2-1-3-9(16)6-8/h1-6,12H,7,19H2. The van der Waals surface area contributed by atoms with Gasteiger partial charge in [-0.05, 0) is 46.1 Å². The van der Waals surface area contributed by atoms with Crippen molar-refractivity contribution in [1.82, 2.24) is 0 Å². The molecular weight excluding hydrogens is 352 g/mol. The molecule has 0 aliphatic rings. The fourth-order valence-corrected chi connectivity index (χ4v) is 2.55. The molecule has 1 nitrogen and oxygen atoms in total. The summed E-state index contributed by atoms with van der Waals surface area (Å²) in [5, 5.41) is 0.693. The van der Waals surface area contributed by atoms with Gasteiger partial charge in [0.1, 0.15) is 5.82 Å². The Morgan fingerprint density at radius 3 is 2.63 bits per heavy atom. The Bertz CT molecular complexity index is 604. The molecule has 0 radical (unpaired) electrons. The third kappa shape index (κ3) is 3.48. The van der Waals surface area contributed by atoms with E-state index in [9.17, 15) is 4.39 Å². The summed E-state index contributed by atoms with van der Waals surface area (Å²) in [6, 6.07) is 10.2. The van der Waals surface area contributed by atoms with Crippen LogP contribution >= 0.6 is 39.1 Å². The van der Waals surface area contributed by atoms with E-state index in [4.69, 9.17) is 28.9 Å². The second kappa shape index (κ2) is 6.23. The van der Waals surface area contributed by atoms with Crippen LogP contribution in [0, 0.1) is 5.82 Å². The van der Waals surface area contributed by atoms with E-state index in [2.05, 4.69) is 15.9 Å². The van der Waals surface area contributed by atoms with E-state index in [-0.39, 0.29) is 5.02 Å². The summed E-state index contributed by atoms with van der Waals surface area (Å²) in [7, 11) is 0. The highest BCUT2D eigenvalue weighted by molar-refractivity contribution is 9.10. The largest absolute Gasteiger partial charge is 0.324 e. The van der Waals surface area contributed by atoms with Crippen molar-refractivity contribution in [2.45, 2.75) is 12.5 Å². The minimum Gasteiger partial charge on any atom is -0.324 e. The van der Waals surface area contributed by atoms with Crippen LogP contribution in [0.15, 0.2) is 40.9 Å². The molecule has 0 amide bonds. The van der Waals surface area contributed by atoms with Crippen LogP contribution < -0.4 is 5.73 Å². The zero-order valence-corrected chi connectivity index (χ0v) is 12.9. The van der Waals surface area contributed by atoms with Gasteiger partial charge in [0.25, 0.3) is 0 Å². The average Bonchev–Trinajstić information content (AvgIpc) is 2.36. The van der Waals surface area contributed by atoms with E-state index in [1.807, 2.05) is 18.2 Å². The van der Waals surface area contributed by atoms with Crippen molar-refractivity contribution < 1.29 is 4.39 Å². The van der Waals surface area contributed by atoms with E-state index in [0.29, 0.717) is 21.5 Å². The summed E-state index contributed by atoms with van der Waals surface area (Å²) in [6.45, 7) is 0. The molecule has 19 heavy (non-hydrogen) atoms. The van der Waals surface area contributed by atoms with Crippen LogP contribution in [0.1, 0.15) is 17.2 Å². The second-order valence-corrected chi connectivity index (χ2v) is 5.87. The highest BCUT2D eigenvalue weighted by Gasteiger charge is 2.16. The summed E-state index contributed by atoms with van der Waals surface area (Å²) in [6.07, 6.45) is 0.495. The fourth-order valence-electron chi connectivity index (χ4n) is 1.86. The molecule has 100 valence electrons. The molecular formula is C14H11BrCl2FN. The molecule has 0 spiro atoms. The van der Waals surface area contributed by atoms with Gasteiger partial charge in [-0.1, -0.05) is 41.4 Å². The Balaban J connectivity index is 2.25. The van der Waals surface area contributed by atoms with Crippen molar-refractivity contribution in [2.75, 3.05) is 0 Å². The first-order valence-electron chi connectivity index (χ1n) is 5.62. The molecule has 1 atom stereocenters. The zero-order chi connectivity index (χ0) is 14.0. The van der Waals surface area contributed by atoms with Gasteiger partial charge in [-0.3, -0.25) is 0 Å². The molecule has 2 N–H and O–H groups in total. The molecule has 2 rings (SSSR count). The second-order valence-electron chi connectivity index (χ2n) is 4.21. The van der Waals surface area contributed by atoms with E-state index >= 15 is 0 Å². The van der Waals surface area contributed by atoms with Gasteiger partial charge in [0.05, 0.1) is 5.02 Å². The van der Waals surface area contributed by atoms with Crippen LogP contribution in [0.5, 0.6) is 0 Å². The Hall–Kier alpha value is -0.610. The van der Waals surface area contributed by atoms with E-state index < -0.39 is 11.9 Å². The lowest BCUT2D eigenvalue weighted by Crippen LogP contribution is -2.15. The highest BCUT2D eigenvalue weighted by atomic mass is 79.9. The Morgan fingerprint density at radius 1 is 1.21 bits per heavy atom. The molecule has 0 aliphatic heterocycles. The lowest BCUT2D eigenvalue weighted by Gasteiger charge is -2.14. The Morgan fingerprint density at radius 2 is 1.95 bits per heavy atom. The maximum Gasteiger partial charge on any atom is 0.147 e. The van der Waals surface area contributed by atoms with Crippen molar-refractivity contribution in [3.05, 3.63) is 67.9 Å². The van der Waals surface area contributed by atoms with Crippen molar-refractivity contribution in [3.8, 4) is 0 Å². The van der Waals surface area contributed by atoms with Gasteiger partial charge in [-0.25, -0.2) is 4.39 Å². The molecule has 2 aromatic carbocycles. The number of halogens is 4. The number of hydrogen-bond donors (Lipinski definition) is 1. The molecule has 5 heteroatoms. The summed E-state index contributed by atoms with van der Waals surface area (Å²) in [4.78, 5) is 0. The normalized spacial score (nSPS) is 12.5. The number of rotatable bonds is 3. The molecule has 0 saturated heterocycles. The smallest absolute Gasteiger partial charge is 0.147 e. The first kappa shape index (κ1) is 14.8. The third-order valence-corrected chi connectivity index (χ3v) is 4.30. The van der Waals surface area contributed by atoms with Crippen LogP contribution in [0.4, 0.5) is 4.39 Å². The summed E-state index contributed by atoms with van der Waals surface area (Å²) in [5.74, 6) is -0.481. The average molecular weight is 363 g/mol. The van der Waals surface area contributed by atoms with Crippen molar-refractivity contribution >= 4 is 39.1 Å². The molecule has 2 aromatic rings. The highest BCUT2D eigenvalue weighted by Crippen LogP contribution is 2.31. The monoisotopic (exact) mass is 361 g/mol. The van der Waals surface area contributed by atoms with Crippen LogP contribution in [0.2, 0.25) is 10.0 Å². The van der Waals surface area contributed by atoms with Gasteiger partial charge in [-0.2, -0.15) is 0 Å². The van der Waals surface area contributed by atoms with E-state index in [1.165, 1.54) is 0 Å². The maximum absolute atomic E-state index is 14.0. The maximum atomic E-state index is 14.0. The summed E-state index contributed by atoms with van der Waals surface area (Å²) in [5.41, 5.74) is 7.39. The van der Waals surface area contributed by atoms with Gasteiger partial charge >= 0.3 is 0 Å². The Kier molecular flexibility index (Phi) is 4.85. The van der Waals surface area contributed by atoms with Crippen LogP contribution in [-0.4, -0.2) is 0 Å². The molecule has 0 bridgehead atoms. The van der Waals surface area contributed by atoms with Crippen LogP contribution in [0.25, 0.3) is 0 Å². The molecule has 0 aliphatic carbocycles. The van der Waals surface area contributed by atoms with Gasteiger partial charge in [0.15, 0.2) is 0 Å². The first-order chi connectivity index (χ1) is 8.99. The van der Waals surface area contributed by atoms with E-state index in [1.54, 1.807) is 18.2 Å². The molecule has 0 saturated carbocycles. The van der Waals surface area contributed by atoms with E-state index in [0.717, 1.165) is 5.56 Å². The van der Waals surface area contributed by atoms with Crippen molar-refractivity contribution in [2.24, 2.45) is 5.73 Å². The van der Waals surface area contributed by atoms with Gasteiger partial charge < -0.3 is 5.73 Å². The lowest BCUT2D eigenvalue weighted by atomic mass is 9.99. The molecule has 0 aromatic heterocycles. The minimum absolute atomic E-state index is 0.0547. The Labute approximate surface area is 129 Å². The number of nitrogens with two attached hydrogens (primary N) is 1. The van der Waals surface area contributed by atoms with Crippen molar-refractivity contribution in [1.29, 1.82) is 0 Å². The predicted molar refractivity (Wildman–Crippen MR) is 81.2 cm³/mol. The zero-order valence-electron chi connectivity index (χ0n) is 9.84. The van der Waals surface area contributed by atoms with Gasteiger partial charge in [0.2, 0.25) is 0 Å². The predicted octanol–water partition coefficient (Wildman–Crippen LogP) is 5.14. The summed E-state index contributed by atoms with van der Waals surface area (Å²) >= 11 is 14.9. The quantitative estimate of drug-likeness (QED) is 0.752. The topological polar surface area (TPSA) is 26.0 Å². The SMILES string of the molecule is NC(Cc1cccc(Cl)c1)c1ccc(Br)c(Cl)c1F. The van der Waals surface area contributed by atoms with Crippen molar-refractivity contribution in [3.63, 3.8) is 0 Å². The summed E-state index contributed by atoms with van der Waals surface area (Å²) < 4.78 is 14.5. The van der Waals surface area contributed by atoms with Crippen LogP contribution in [0.3, 0.4) is 0 Å². The minimum atomic E-state index is -0.481. The van der Waals surface area contributed by atoms with Crippen LogP contribution in [-0.2, 0) is 6.42 Å². The molecule has 0 fully saturated rings.